The van der Waals surface area contributed by atoms with E-state index in [-0.39, 0.29) is 17.9 Å². The smallest absolute Gasteiger partial charge is 0.255 e. The van der Waals surface area contributed by atoms with Gasteiger partial charge in [0.25, 0.3) is 11.8 Å². The highest BCUT2D eigenvalue weighted by Gasteiger charge is 2.23. The van der Waals surface area contributed by atoms with E-state index in [0.29, 0.717) is 23.5 Å². The Balaban J connectivity index is 1.58. The number of nitrogens with one attached hydrogen (secondary N) is 2. The second kappa shape index (κ2) is 7.76. The van der Waals surface area contributed by atoms with Crippen LogP contribution in [0.15, 0.2) is 48.5 Å². The average Bonchev–Trinajstić information content (AvgIpc) is 3.12. The number of rotatable bonds is 4. The van der Waals surface area contributed by atoms with Crippen LogP contribution in [0.2, 0.25) is 0 Å². The lowest BCUT2D eigenvalue weighted by Gasteiger charge is -2.11. The van der Waals surface area contributed by atoms with Gasteiger partial charge in [0, 0.05) is 27.1 Å². The molecule has 1 heterocycles. The average molecular weight is 436 g/mol. The highest BCUT2D eigenvalue weighted by Crippen LogP contribution is 2.18. The first kappa shape index (κ1) is 16.9. The van der Waals surface area contributed by atoms with Crippen molar-refractivity contribution in [3.63, 3.8) is 0 Å². The SMILES string of the molecule is O=C(Nc1ccc(NC(=O)[C@H]2CCCO2)cc1)c1ccc(I)cc1. The fourth-order valence-corrected chi connectivity index (χ4v) is 2.81. The van der Waals surface area contributed by atoms with Crippen molar-refractivity contribution in [3.8, 4) is 0 Å². The Kier molecular flexibility index (Phi) is 5.47. The summed E-state index contributed by atoms with van der Waals surface area (Å²) in [5, 5.41) is 5.66. The molecule has 0 unspecified atom stereocenters. The van der Waals surface area contributed by atoms with Gasteiger partial charge in [-0.15, -0.1) is 0 Å². The van der Waals surface area contributed by atoms with Gasteiger partial charge in [0.1, 0.15) is 6.10 Å². The molecule has 1 saturated heterocycles. The van der Waals surface area contributed by atoms with E-state index in [1.807, 2.05) is 12.1 Å². The lowest BCUT2D eigenvalue weighted by molar-refractivity contribution is -0.124. The first-order valence-corrected chi connectivity index (χ1v) is 8.79. The van der Waals surface area contributed by atoms with Crippen molar-refractivity contribution in [2.24, 2.45) is 0 Å². The molecule has 0 spiro atoms. The van der Waals surface area contributed by atoms with Gasteiger partial charge in [0.05, 0.1) is 0 Å². The molecule has 0 bridgehead atoms. The maximum absolute atomic E-state index is 12.2. The summed E-state index contributed by atoms with van der Waals surface area (Å²) >= 11 is 2.20. The molecular formula is C18H17IN2O3. The van der Waals surface area contributed by atoms with E-state index in [9.17, 15) is 9.59 Å². The van der Waals surface area contributed by atoms with E-state index in [2.05, 4.69) is 33.2 Å². The number of benzene rings is 2. The minimum absolute atomic E-state index is 0.122. The highest BCUT2D eigenvalue weighted by atomic mass is 127. The van der Waals surface area contributed by atoms with Crippen molar-refractivity contribution < 1.29 is 14.3 Å². The van der Waals surface area contributed by atoms with Crippen molar-refractivity contribution in [1.29, 1.82) is 0 Å². The van der Waals surface area contributed by atoms with Gasteiger partial charge in [-0.05, 0) is 84.0 Å². The van der Waals surface area contributed by atoms with Crippen LogP contribution < -0.4 is 10.6 Å². The molecule has 2 N–H and O–H groups in total. The first-order chi connectivity index (χ1) is 11.6. The molecule has 24 heavy (non-hydrogen) atoms. The summed E-state index contributed by atoms with van der Waals surface area (Å²) in [5.74, 6) is -0.286. The van der Waals surface area contributed by atoms with Crippen molar-refractivity contribution in [2.75, 3.05) is 17.2 Å². The van der Waals surface area contributed by atoms with Crippen LogP contribution in [0.25, 0.3) is 0 Å². The van der Waals surface area contributed by atoms with Crippen LogP contribution in [0, 0.1) is 3.57 Å². The third-order valence-corrected chi connectivity index (χ3v) is 4.46. The van der Waals surface area contributed by atoms with Crippen molar-refractivity contribution in [3.05, 3.63) is 57.7 Å². The van der Waals surface area contributed by atoms with Gasteiger partial charge in [-0.3, -0.25) is 9.59 Å². The van der Waals surface area contributed by atoms with Crippen LogP contribution in [-0.2, 0) is 9.53 Å². The zero-order chi connectivity index (χ0) is 16.9. The maximum atomic E-state index is 12.2. The molecule has 6 heteroatoms. The normalized spacial score (nSPS) is 16.6. The summed E-state index contributed by atoms with van der Waals surface area (Å²) in [4.78, 5) is 24.1. The van der Waals surface area contributed by atoms with Crippen molar-refractivity contribution in [2.45, 2.75) is 18.9 Å². The van der Waals surface area contributed by atoms with Crippen molar-refractivity contribution >= 4 is 45.8 Å². The van der Waals surface area contributed by atoms with Gasteiger partial charge < -0.3 is 15.4 Å². The molecule has 2 amide bonds. The predicted octanol–water partition coefficient (Wildman–Crippen LogP) is 3.66. The second-order valence-corrected chi connectivity index (χ2v) is 6.77. The van der Waals surface area contributed by atoms with Gasteiger partial charge in [-0.2, -0.15) is 0 Å². The Labute approximate surface area is 153 Å². The minimum atomic E-state index is -0.356. The standard InChI is InChI=1S/C18H17IN2O3/c19-13-5-3-12(4-6-13)17(22)20-14-7-9-15(10-8-14)21-18(23)16-2-1-11-24-16/h3-10,16H,1-2,11H2,(H,20,22)(H,21,23)/t16-/m1/s1. The summed E-state index contributed by atoms with van der Waals surface area (Å²) in [7, 11) is 0. The Morgan fingerprint density at radius 1 is 0.958 bits per heavy atom. The molecule has 124 valence electrons. The summed E-state index contributed by atoms with van der Waals surface area (Å²) < 4.78 is 6.43. The summed E-state index contributed by atoms with van der Waals surface area (Å²) in [6, 6.07) is 14.4. The van der Waals surface area contributed by atoms with Gasteiger partial charge in [-0.25, -0.2) is 0 Å². The van der Waals surface area contributed by atoms with E-state index in [4.69, 9.17) is 4.74 Å². The van der Waals surface area contributed by atoms with Gasteiger partial charge in [-0.1, -0.05) is 0 Å². The Bertz CT molecular complexity index is 723. The topological polar surface area (TPSA) is 67.4 Å². The summed E-state index contributed by atoms with van der Waals surface area (Å²) in [6.45, 7) is 0.640. The van der Waals surface area contributed by atoms with Crippen LogP contribution in [-0.4, -0.2) is 24.5 Å². The number of carbonyl (C=O) groups excluding carboxylic acids is 2. The molecular weight excluding hydrogens is 419 g/mol. The maximum Gasteiger partial charge on any atom is 0.255 e. The van der Waals surface area contributed by atoms with Crippen LogP contribution in [0.4, 0.5) is 11.4 Å². The monoisotopic (exact) mass is 436 g/mol. The van der Waals surface area contributed by atoms with Crippen LogP contribution in [0.5, 0.6) is 0 Å². The number of hydrogen-bond acceptors (Lipinski definition) is 3. The second-order valence-electron chi connectivity index (χ2n) is 5.53. The Morgan fingerprint density at radius 2 is 1.58 bits per heavy atom. The van der Waals surface area contributed by atoms with E-state index < -0.39 is 0 Å². The number of amides is 2. The van der Waals surface area contributed by atoms with E-state index in [0.717, 1.165) is 16.4 Å². The molecule has 1 atom stereocenters. The molecule has 2 aromatic carbocycles. The Morgan fingerprint density at radius 3 is 2.17 bits per heavy atom. The predicted molar refractivity (Wildman–Crippen MR) is 101 cm³/mol. The molecule has 5 nitrogen and oxygen atoms in total. The molecule has 1 fully saturated rings. The summed E-state index contributed by atoms with van der Waals surface area (Å²) in [6.07, 6.45) is 1.32. The third kappa shape index (κ3) is 4.33. The van der Waals surface area contributed by atoms with E-state index in [1.165, 1.54) is 0 Å². The molecule has 1 aliphatic heterocycles. The molecule has 0 radical (unpaired) electrons. The quantitative estimate of drug-likeness (QED) is 0.720. The minimum Gasteiger partial charge on any atom is -0.368 e. The fraction of sp³-hybridized carbons (Fsp3) is 0.222. The number of carbonyl (C=O) groups is 2. The lowest BCUT2D eigenvalue weighted by Crippen LogP contribution is -2.26. The van der Waals surface area contributed by atoms with Crippen LogP contribution >= 0.6 is 22.6 Å². The molecule has 2 aromatic rings. The first-order valence-electron chi connectivity index (χ1n) is 7.71. The number of ether oxygens (including phenoxy) is 1. The molecule has 0 aromatic heterocycles. The lowest BCUT2D eigenvalue weighted by atomic mass is 10.2. The molecule has 0 saturated carbocycles. The largest absolute Gasteiger partial charge is 0.368 e. The Hall–Kier alpha value is -1.93. The van der Waals surface area contributed by atoms with Crippen LogP contribution in [0.1, 0.15) is 23.2 Å². The molecule has 0 aliphatic carbocycles. The number of hydrogen-bond donors (Lipinski definition) is 2. The van der Waals surface area contributed by atoms with Gasteiger partial charge in [0.15, 0.2) is 0 Å². The van der Waals surface area contributed by atoms with E-state index in [1.54, 1.807) is 36.4 Å². The van der Waals surface area contributed by atoms with Gasteiger partial charge >= 0.3 is 0 Å². The highest BCUT2D eigenvalue weighted by molar-refractivity contribution is 14.1. The molecule has 1 aliphatic rings. The van der Waals surface area contributed by atoms with Gasteiger partial charge in [0.2, 0.25) is 0 Å². The van der Waals surface area contributed by atoms with Crippen molar-refractivity contribution in [1.82, 2.24) is 0 Å². The number of halogens is 1. The third-order valence-electron chi connectivity index (χ3n) is 3.74. The fourth-order valence-electron chi connectivity index (χ4n) is 2.45. The van der Waals surface area contributed by atoms with Crippen LogP contribution in [0.3, 0.4) is 0 Å². The number of anilines is 2. The van der Waals surface area contributed by atoms with E-state index >= 15 is 0 Å². The molecule has 3 rings (SSSR count). The zero-order valence-corrected chi connectivity index (χ0v) is 15.1. The summed E-state index contributed by atoms with van der Waals surface area (Å²) in [5.41, 5.74) is 1.96. The zero-order valence-electron chi connectivity index (χ0n) is 12.9.